The van der Waals surface area contributed by atoms with Crippen LogP contribution in [0.4, 0.5) is 0 Å². The fourth-order valence-corrected chi connectivity index (χ4v) is 2.98. The maximum Gasteiger partial charge on any atom is 0.265 e. The van der Waals surface area contributed by atoms with Gasteiger partial charge in [-0.1, -0.05) is 17.8 Å². The summed E-state index contributed by atoms with van der Waals surface area (Å²) in [6, 6.07) is 2.00. The van der Waals surface area contributed by atoms with Crippen LogP contribution in [0.3, 0.4) is 0 Å². The van der Waals surface area contributed by atoms with E-state index in [1.165, 1.54) is 0 Å². The van der Waals surface area contributed by atoms with Crippen molar-refractivity contribution in [2.75, 3.05) is 0 Å². The van der Waals surface area contributed by atoms with Crippen LogP contribution in [0.25, 0.3) is 11.1 Å². The maximum atomic E-state index is 12.3. The van der Waals surface area contributed by atoms with E-state index in [0.717, 1.165) is 46.8 Å². The Balaban J connectivity index is 1.68. The van der Waals surface area contributed by atoms with Gasteiger partial charge in [0.05, 0.1) is 11.9 Å². The summed E-state index contributed by atoms with van der Waals surface area (Å²) >= 11 is 1.14. The van der Waals surface area contributed by atoms with Crippen molar-refractivity contribution in [3.05, 3.63) is 47.0 Å². The van der Waals surface area contributed by atoms with Crippen LogP contribution in [0.2, 0.25) is 0 Å². The molecule has 3 aromatic heterocycles. The summed E-state index contributed by atoms with van der Waals surface area (Å²) in [6.07, 6.45) is 8.95. The fourth-order valence-electron chi connectivity index (χ4n) is 2.36. The molecule has 0 bridgehead atoms. The number of aryl methyl sites for hydroxylation is 2. The van der Waals surface area contributed by atoms with E-state index in [1.807, 2.05) is 19.3 Å². The van der Waals surface area contributed by atoms with Crippen molar-refractivity contribution in [2.24, 2.45) is 7.05 Å². The van der Waals surface area contributed by atoms with E-state index in [9.17, 15) is 4.79 Å². The minimum absolute atomic E-state index is 0.139. The van der Waals surface area contributed by atoms with Gasteiger partial charge in [0.1, 0.15) is 4.88 Å². The van der Waals surface area contributed by atoms with Crippen LogP contribution in [0, 0.1) is 0 Å². The van der Waals surface area contributed by atoms with Crippen molar-refractivity contribution in [2.45, 2.75) is 26.3 Å². The third kappa shape index (κ3) is 3.65. The molecule has 1 amide bonds. The molecule has 0 spiro atoms. The molecule has 3 rings (SSSR count). The van der Waals surface area contributed by atoms with Gasteiger partial charge in [0.25, 0.3) is 5.91 Å². The third-order valence-corrected chi connectivity index (χ3v) is 4.30. The number of rotatable bonds is 6. The van der Waals surface area contributed by atoms with Crippen molar-refractivity contribution >= 4 is 17.4 Å². The summed E-state index contributed by atoms with van der Waals surface area (Å²) in [4.78, 5) is 17.2. The van der Waals surface area contributed by atoms with E-state index in [4.69, 9.17) is 0 Å². The van der Waals surface area contributed by atoms with Crippen LogP contribution in [-0.4, -0.2) is 30.3 Å². The van der Waals surface area contributed by atoms with E-state index in [0.29, 0.717) is 11.4 Å². The summed E-state index contributed by atoms with van der Waals surface area (Å²) in [7, 11) is 1.87. The highest BCUT2D eigenvalue weighted by Gasteiger charge is 2.15. The van der Waals surface area contributed by atoms with E-state index >= 15 is 0 Å². The standard InChI is InChI=1S/C16H18N6OS/c1-3-4-14-15(24-21-20-14)16(23)18-7-11-5-12(8-17-6-11)13-9-19-22(2)10-13/h5-6,8-10H,3-4,7H2,1-2H3,(H,18,23). The van der Waals surface area contributed by atoms with Gasteiger partial charge < -0.3 is 5.32 Å². The van der Waals surface area contributed by atoms with Crippen LogP contribution in [0.1, 0.15) is 34.3 Å². The molecule has 0 aliphatic rings. The number of carbonyl (C=O) groups excluding carboxylic acids is 1. The number of carbonyl (C=O) groups is 1. The first kappa shape index (κ1) is 16.3. The number of hydrogen-bond acceptors (Lipinski definition) is 6. The zero-order valence-electron chi connectivity index (χ0n) is 13.6. The fraction of sp³-hybridized carbons (Fsp3) is 0.312. The molecular formula is C16H18N6OS. The van der Waals surface area contributed by atoms with Crippen LogP contribution in [0.15, 0.2) is 30.9 Å². The Labute approximate surface area is 143 Å². The highest BCUT2D eigenvalue weighted by atomic mass is 32.1. The second-order valence-electron chi connectivity index (χ2n) is 5.47. The van der Waals surface area contributed by atoms with Crippen molar-refractivity contribution < 1.29 is 4.79 Å². The highest BCUT2D eigenvalue weighted by Crippen LogP contribution is 2.18. The van der Waals surface area contributed by atoms with Crippen molar-refractivity contribution in [3.63, 3.8) is 0 Å². The van der Waals surface area contributed by atoms with Gasteiger partial charge in [-0.3, -0.25) is 14.5 Å². The van der Waals surface area contributed by atoms with E-state index < -0.39 is 0 Å². The minimum atomic E-state index is -0.139. The predicted molar refractivity (Wildman–Crippen MR) is 91.5 cm³/mol. The molecular weight excluding hydrogens is 324 g/mol. The van der Waals surface area contributed by atoms with Gasteiger partial charge in [-0.15, -0.1) is 5.10 Å². The zero-order chi connectivity index (χ0) is 16.9. The molecule has 24 heavy (non-hydrogen) atoms. The Hall–Kier alpha value is -2.61. The first-order valence-electron chi connectivity index (χ1n) is 7.69. The van der Waals surface area contributed by atoms with Gasteiger partial charge in [-0.2, -0.15) is 5.10 Å². The van der Waals surface area contributed by atoms with Crippen LogP contribution >= 0.6 is 11.5 Å². The largest absolute Gasteiger partial charge is 0.347 e. The molecule has 0 radical (unpaired) electrons. The summed E-state index contributed by atoms with van der Waals surface area (Å²) in [5.74, 6) is -0.139. The second-order valence-corrected chi connectivity index (χ2v) is 6.22. The molecule has 0 saturated heterocycles. The molecule has 8 heteroatoms. The van der Waals surface area contributed by atoms with Gasteiger partial charge in [-0.25, -0.2) is 0 Å². The summed E-state index contributed by atoms with van der Waals surface area (Å²) in [6.45, 7) is 2.46. The molecule has 0 aliphatic heterocycles. The topological polar surface area (TPSA) is 85.6 Å². The van der Waals surface area contributed by atoms with E-state index in [1.54, 1.807) is 23.3 Å². The van der Waals surface area contributed by atoms with Crippen LogP contribution in [-0.2, 0) is 20.0 Å². The number of pyridine rings is 1. The molecule has 1 N–H and O–H groups in total. The Morgan fingerprint density at radius 2 is 2.17 bits per heavy atom. The Kier molecular flexibility index (Phi) is 4.95. The molecule has 0 fully saturated rings. The molecule has 0 aliphatic carbocycles. The minimum Gasteiger partial charge on any atom is -0.347 e. The number of amides is 1. The molecule has 0 saturated carbocycles. The first-order chi connectivity index (χ1) is 11.7. The number of hydrogen-bond donors (Lipinski definition) is 1. The maximum absolute atomic E-state index is 12.3. The van der Waals surface area contributed by atoms with Crippen molar-refractivity contribution in [1.29, 1.82) is 0 Å². The summed E-state index contributed by atoms with van der Waals surface area (Å²) < 4.78 is 5.63. The first-order valence-corrected chi connectivity index (χ1v) is 8.47. The summed E-state index contributed by atoms with van der Waals surface area (Å²) in [5.41, 5.74) is 3.66. The second kappa shape index (κ2) is 7.31. The molecule has 0 unspecified atom stereocenters. The van der Waals surface area contributed by atoms with Gasteiger partial charge in [0.2, 0.25) is 0 Å². The normalized spacial score (nSPS) is 10.8. The lowest BCUT2D eigenvalue weighted by Crippen LogP contribution is -2.23. The Morgan fingerprint density at radius 1 is 1.29 bits per heavy atom. The smallest absolute Gasteiger partial charge is 0.265 e. The molecule has 0 aromatic carbocycles. The summed E-state index contributed by atoms with van der Waals surface area (Å²) in [5, 5.41) is 11.1. The number of nitrogens with one attached hydrogen (secondary N) is 1. The van der Waals surface area contributed by atoms with Crippen LogP contribution in [0.5, 0.6) is 0 Å². The van der Waals surface area contributed by atoms with E-state index in [2.05, 4.69) is 31.9 Å². The van der Waals surface area contributed by atoms with Crippen molar-refractivity contribution in [1.82, 2.24) is 29.7 Å². The monoisotopic (exact) mass is 342 g/mol. The molecule has 0 atom stereocenters. The third-order valence-electron chi connectivity index (χ3n) is 3.53. The van der Waals surface area contributed by atoms with Crippen molar-refractivity contribution in [3.8, 4) is 11.1 Å². The average Bonchev–Trinajstić information content (AvgIpc) is 3.22. The molecule has 3 aromatic rings. The lowest BCUT2D eigenvalue weighted by atomic mass is 10.1. The zero-order valence-corrected chi connectivity index (χ0v) is 14.4. The lowest BCUT2D eigenvalue weighted by Gasteiger charge is -2.06. The van der Waals surface area contributed by atoms with Gasteiger partial charge in [0.15, 0.2) is 0 Å². The van der Waals surface area contributed by atoms with Gasteiger partial charge in [0, 0.05) is 43.3 Å². The quantitative estimate of drug-likeness (QED) is 0.742. The average molecular weight is 342 g/mol. The van der Waals surface area contributed by atoms with E-state index in [-0.39, 0.29) is 5.91 Å². The van der Waals surface area contributed by atoms with Gasteiger partial charge >= 0.3 is 0 Å². The lowest BCUT2D eigenvalue weighted by molar-refractivity contribution is 0.0954. The predicted octanol–water partition coefficient (Wildman–Crippen LogP) is 2.22. The SMILES string of the molecule is CCCc1nnsc1C(=O)NCc1cncc(-c2cnn(C)c2)c1. The number of nitrogens with zero attached hydrogens (tertiary/aromatic N) is 5. The highest BCUT2D eigenvalue weighted by molar-refractivity contribution is 7.08. The van der Waals surface area contributed by atoms with Gasteiger partial charge in [-0.05, 0) is 29.6 Å². The van der Waals surface area contributed by atoms with Crippen LogP contribution < -0.4 is 5.32 Å². The Morgan fingerprint density at radius 3 is 2.92 bits per heavy atom. The number of aromatic nitrogens is 5. The molecule has 3 heterocycles. The molecule has 124 valence electrons. The molecule has 7 nitrogen and oxygen atoms in total. The Bertz CT molecular complexity index is 840.